The molecule has 2 heterocycles. The number of hydrogen-bond acceptors (Lipinski definition) is 5. The minimum absolute atomic E-state index is 0.705. The molecule has 0 unspecified atom stereocenters. The maximum absolute atomic E-state index is 4.25. The lowest BCUT2D eigenvalue weighted by molar-refractivity contribution is 1.09. The van der Waals surface area contributed by atoms with E-state index in [1.54, 1.807) is 27.9 Å². The van der Waals surface area contributed by atoms with Crippen LogP contribution < -0.4 is 0 Å². The van der Waals surface area contributed by atoms with Gasteiger partial charge in [-0.05, 0) is 22.9 Å². The highest BCUT2D eigenvalue weighted by Crippen LogP contribution is 2.37. The Hall–Kier alpha value is -1.53. The van der Waals surface area contributed by atoms with Crippen LogP contribution in [-0.2, 0) is 0 Å². The smallest absolute Gasteiger partial charge is 0.181 e. The molecule has 0 fully saturated rings. The van der Waals surface area contributed by atoms with Crippen molar-refractivity contribution in [3.05, 3.63) is 43.0 Å². The van der Waals surface area contributed by atoms with Gasteiger partial charge in [0.2, 0.25) is 0 Å². The first-order valence-electron chi connectivity index (χ1n) is 4.97. The molecule has 0 saturated carbocycles. The summed E-state index contributed by atoms with van der Waals surface area (Å²) in [4.78, 5) is 16.7. The van der Waals surface area contributed by atoms with E-state index >= 15 is 0 Å². The third-order valence-corrected chi connectivity index (χ3v) is 4.46. The molecule has 0 aliphatic carbocycles. The number of imidazole rings is 1. The Labute approximate surface area is 106 Å². The molecule has 1 N–H and O–H groups in total. The van der Waals surface area contributed by atoms with Gasteiger partial charge in [-0.1, -0.05) is 29.0 Å². The number of hydrogen-bond donors (Lipinski definition) is 1. The number of benzene rings is 1. The molecular weight excluding hydrogens is 252 g/mol. The average Bonchev–Trinajstić information content (AvgIpc) is 2.86. The normalized spacial score (nSPS) is 10.8. The second kappa shape index (κ2) is 4.77. The van der Waals surface area contributed by atoms with Crippen molar-refractivity contribution in [2.45, 2.75) is 9.92 Å². The van der Waals surface area contributed by atoms with E-state index in [9.17, 15) is 0 Å². The van der Waals surface area contributed by atoms with Crippen molar-refractivity contribution in [2.24, 2.45) is 0 Å². The molecule has 1 aromatic carbocycles. The molecule has 3 aromatic rings. The van der Waals surface area contributed by atoms with Crippen LogP contribution in [0.25, 0.3) is 11.2 Å². The first kappa shape index (κ1) is 10.6. The Balaban J connectivity index is 1.84. The highest BCUT2D eigenvalue weighted by Gasteiger charge is 2.06. The van der Waals surface area contributed by atoms with Gasteiger partial charge >= 0.3 is 0 Å². The van der Waals surface area contributed by atoms with Crippen LogP contribution in [0.3, 0.4) is 0 Å². The topological polar surface area (TPSA) is 54.5 Å². The van der Waals surface area contributed by atoms with E-state index in [4.69, 9.17) is 0 Å². The maximum atomic E-state index is 4.25. The van der Waals surface area contributed by atoms with E-state index in [1.807, 2.05) is 18.2 Å². The molecule has 17 heavy (non-hydrogen) atoms. The fourth-order valence-corrected chi connectivity index (χ4v) is 3.37. The van der Waals surface area contributed by atoms with Gasteiger partial charge in [-0.25, -0.2) is 15.0 Å². The van der Waals surface area contributed by atoms with Crippen molar-refractivity contribution in [2.75, 3.05) is 0 Å². The number of aromatic nitrogens is 4. The molecule has 0 atom stereocenters. The summed E-state index contributed by atoms with van der Waals surface area (Å²) in [7, 11) is 3.27. The zero-order chi connectivity index (χ0) is 11.5. The number of aromatic amines is 1. The molecule has 2 aromatic heterocycles. The van der Waals surface area contributed by atoms with Gasteiger partial charge in [0.25, 0.3) is 0 Å². The number of nitrogens with zero attached hydrogens (tertiary/aromatic N) is 3. The average molecular weight is 260 g/mol. The summed E-state index contributed by atoms with van der Waals surface area (Å²) in [6, 6.07) is 10.2. The van der Waals surface area contributed by atoms with Crippen LogP contribution in [0.2, 0.25) is 0 Å². The van der Waals surface area contributed by atoms with E-state index in [0.717, 1.165) is 10.5 Å². The summed E-state index contributed by atoms with van der Waals surface area (Å²) in [6.07, 6.45) is 3.17. The summed E-state index contributed by atoms with van der Waals surface area (Å²) in [5.74, 6) is 0. The largest absolute Gasteiger partial charge is 0.341 e. The van der Waals surface area contributed by atoms with Gasteiger partial charge in [0.05, 0.1) is 6.33 Å². The Morgan fingerprint density at radius 2 is 1.82 bits per heavy atom. The van der Waals surface area contributed by atoms with Crippen LogP contribution in [-0.4, -0.2) is 19.9 Å². The number of H-pyrrole nitrogens is 1. The van der Waals surface area contributed by atoms with Crippen LogP contribution in [0.1, 0.15) is 0 Å². The SMILES string of the molecule is c1ccc(SSc2ncnc3nc[nH]c23)cc1. The Kier molecular flexibility index (Phi) is 2.98. The van der Waals surface area contributed by atoms with Crippen LogP contribution >= 0.6 is 21.6 Å². The molecule has 3 rings (SSSR count). The summed E-state index contributed by atoms with van der Waals surface area (Å²) < 4.78 is 0. The molecule has 0 amide bonds. The lowest BCUT2D eigenvalue weighted by Crippen LogP contribution is -1.83. The van der Waals surface area contributed by atoms with Gasteiger partial charge < -0.3 is 4.98 Å². The van der Waals surface area contributed by atoms with Gasteiger partial charge in [-0.3, -0.25) is 0 Å². The van der Waals surface area contributed by atoms with E-state index in [-0.39, 0.29) is 0 Å². The standard InChI is InChI=1S/C11H8N4S2/c1-2-4-8(5-3-1)16-17-11-9-10(13-6-12-9)14-7-15-11/h1-7H,(H,12,13,14,15). The van der Waals surface area contributed by atoms with E-state index in [0.29, 0.717) is 5.65 Å². The van der Waals surface area contributed by atoms with Gasteiger partial charge in [-0.2, -0.15) is 0 Å². The molecule has 0 aliphatic heterocycles. The highest BCUT2D eigenvalue weighted by atomic mass is 33.1. The molecule has 4 nitrogen and oxygen atoms in total. The molecular formula is C11H8N4S2. The van der Waals surface area contributed by atoms with Gasteiger partial charge in [0, 0.05) is 4.90 Å². The number of fused-ring (bicyclic) bond motifs is 1. The first-order valence-corrected chi connectivity index (χ1v) is 7.12. The first-order chi connectivity index (χ1) is 8.43. The fourth-order valence-electron chi connectivity index (χ4n) is 1.37. The van der Waals surface area contributed by atoms with Crippen molar-refractivity contribution in [3.63, 3.8) is 0 Å². The summed E-state index contributed by atoms with van der Waals surface area (Å²) >= 11 is 0. The zero-order valence-electron chi connectivity index (χ0n) is 8.70. The molecule has 0 saturated heterocycles. The third-order valence-electron chi connectivity index (χ3n) is 2.15. The third kappa shape index (κ3) is 2.27. The summed E-state index contributed by atoms with van der Waals surface area (Å²) in [5, 5.41) is 0.904. The fraction of sp³-hybridized carbons (Fsp3) is 0. The monoisotopic (exact) mass is 260 g/mol. The van der Waals surface area contributed by atoms with Crippen LogP contribution in [0, 0.1) is 0 Å². The predicted molar refractivity (Wildman–Crippen MR) is 69.8 cm³/mol. The predicted octanol–water partition coefficient (Wildman–Crippen LogP) is 3.15. The highest BCUT2D eigenvalue weighted by molar-refractivity contribution is 8.76. The van der Waals surface area contributed by atoms with E-state index < -0.39 is 0 Å². The molecule has 0 aliphatic rings. The van der Waals surface area contributed by atoms with Gasteiger partial charge in [0.15, 0.2) is 5.65 Å². The maximum Gasteiger partial charge on any atom is 0.181 e. The summed E-state index contributed by atoms with van der Waals surface area (Å²) in [6.45, 7) is 0. The van der Waals surface area contributed by atoms with Crippen molar-refractivity contribution in [3.8, 4) is 0 Å². The molecule has 6 heteroatoms. The summed E-state index contributed by atoms with van der Waals surface area (Å²) in [5.41, 5.74) is 1.59. The van der Waals surface area contributed by atoms with Gasteiger partial charge in [-0.15, -0.1) is 0 Å². The molecule has 0 radical (unpaired) electrons. The van der Waals surface area contributed by atoms with Crippen molar-refractivity contribution < 1.29 is 0 Å². The molecule has 0 bridgehead atoms. The second-order valence-corrected chi connectivity index (χ2v) is 5.45. The van der Waals surface area contributed by atoms with E-state index in [1.165, 1.54) is 11.2 Å². The Bertz CT molecular complexity index is 623. The lowest BCUT2D eigenvalue weighted by Gasteiger charge is -2.00. The zero-order valence-corrected chi connectivity index (χ0v) is 10.3. The quantitative estimate of drug-likeness (QED) is 0.579. The second-order valence-electron chi connectivity index (χ2n) is 3.26. The minimum Gasteiger partial charge on any atom is -0.341 e. The minimum atomic E-state index is 0.705. The molecule has 0 spiro atoms. The lowest BCUT2D eigenvalue weighted by atomic mass is 10.4. The van der Waals surface area contributed by atoms with Crippen LogP contribution in [0.15, 0.2) is 52.9 Å². The van der Waals surface area contributed by atoms with Crippen molar-refractivity contribution in [1.29, 1.82) is 0 Å². The van der Waals surface area contributed by atoms with Crippen molar-refractivity contribution >= 4 is 32.8 Å². The Morgan fingerprint density at radius 3 is 2.71 bits per heavy atom. The molecule has 84 valence electrons. The van der Waals surface area contributed by atoms with Crippen LogP contribution in [0.4, 0.5) is 0 Å². The van der Waals surface area contributed by atoms with Crippen molar-refractivity contribution in [1.82, 2.24) is 19.9 Å². The number of nitrogens with one attached hydrogen (secondary N) is 1. The van der Waals surface area contributed by atoms with Crippen LogP contribution in [0.5, 0.6) is 0 Å². The van der Waals surface area contributed by atoms with E-state index in [2.05, 4.69) is 32.1 Å². The van der Waals surface area contributed by atoms with Gasteiger partial charge in [0.1, 0.15) is 16.9 Å². The Morgan fingerprint density at radius 1 is 0.941 bits per heavy atom. The number of rotatable bonds is 3.